The SMILES string of the molecule is CCC1CN(CC)CCN1C(CN)c1cccc(Br)c1. The van der Waals surface area contributed by atoms with Crippen LogP contribution in [0.4, 0.5) is 0 Å². The molecule has 0 bridgehead atoms. The number of benzene rings is 1. The molecule has 1 aromatic rings. The molecule has 2 N–H and O–H groups in total. The third kappa shape index (κ3) is 3.61. The minimum absolute atomic E-state index is 0.330. The minimum atomic E-state index is 0.330. The lowest BCUT2D eigenvalue weighted by atomic mass is 10.00. The summed E-state index contributed by atoms with van der Waals surface area (Å²) in [7, 11) is 0. The first kappa shape index (κ1) is 16.0. The van der Waals surface area contributed by atoms with Gasteiger partial charge in [-0.3, -0.25) is 4.90 Å². The van der Waals surface area contributed by atoms with Gasteiger partial charge in [-0.25, -0.2) is 0 Å². The molecule has 2 rings (SSSR count). The van der Waals surface area contributed by atoms with Gasteiger partial charge >= 0.3 is 0 Å². The van der Waals surface area contributed by atoms with Gasteiger partial charge in [-0.15, -0.1) is 0 Å². The van der Waals surface area contributed by atoms with Crippen molar-refractivity contribution in [1.82, 2.24) is 9.80 Å². The quantitative estimate of drug-likeness (QED) is 0.895. The van der Waals surface area contributed by atoms with E-state index in [2.05, 4.69) is 63.8 Å². The van der Waals surface area contributed by atoms with Crippen LogP contribution < -0.4 is 5.73 Å². The molecular weight excluding hydrogens is 314 g/mol. The van der Waals surface area contributed by atoms with Crippen LogP contribution in [-0.4, -0.2) is 48.6 Å². The lowest BCUT2D eigenvalue weighted by Gasteiger charge is -2.45. The maximum Gasteiger partial charge on any atom is 0.0474 e. The molecule has 2 unspecified atom stereocenters. The van der Waals surface area contributed by atoms with E-state index >= 15 is 0 Å². The molecular formula is C16H26BrN3. The van der Waals surface area contributed by atoms with Gasteiger partial charge in [0.05, 0.1) is 0 Å². The van der Waals surface area contributed by atoms with E-state index in [-0.39, 0.29) is 0 Å². The van der Waals surface area contributed by atoms with Crippen molar-refractivity contribution in [3.05, 3.63) is 34.3 Å². The van der Waals surface area contributed by atoms with Gasteiger partial charge in [0.15, 0.2) is 0 Å². The summed E-state index contributed by atoms with van der Waals surface area (Å²) in [5, 5.41) is 0. The highest BCUT2D eigenvalue weighted by atomic mass is 79.9. The standard InChI is InChI=1S/C16H26BrN3/c1-3-15-12-19(4-2)8-9-20(15)16(11-18)13-6-5-7-14(17)10-13/h5-7,10,15-16H,3-4,8-9,11-12,18H2,1-2H3. The molecule has 1 saturated heterocycles. The molecule has 1 aliphatic heterocycles. The topological polar surface area (TPSA) is 32.5 Å². The smallest absolute Gasteiger partial charge is 0.0474 e. The van der Waals surface area contributed by atoms with E-state index < -0.39 is 0 Å². The first-order valence-corrected chi connectivity index (χ1v) is 8.42. The molecule has 0 aliphatic carbocycles. The Balaban J connectivity index is 2.18. The van der Waals surface area contributed by atoms with Gasteiger partial charge in [-0.05, 0) is 30.7 Å². The number of hydrogen-bond donors (Lipinski definition) is 1. The molecule has 20 heavy (non-hydrogen) atoms. The molecule has 112 valence electrons. The highest BCUT2D eigenvalue weighted by Gasteiger charge is 2.30. The van der Waals surface area contributed by atoms with Crippen molar-refractivity contribution < 1.29 is 0 Å². The maximum atomic E-state index is 6.10. The van der Waals surface area contributed by atoms with Crippen LogP contribution in [0.3, 0.4) is 0 Å². The summed E-state index contributed by atoms with van der Waals surface area (Å²) in [6.07, 6.45) is 1.18. The van der Waals surface area contributed by atoms with E-state index in [4.69, 9.17) is 5.73 Å². The van der Waals surface area contributed by atoms with Gasteiger partial charge in [0, 0.05) is 42.7 Å². The van der Waals surface area contributed by atoms with Crippen LogP contribution in [0, 0.1) is 0 Å². The fourth-order valence-corrected chi connectivity index (χ4v) is 3.59. The van der Waals surface area contributed by atoms with Gasteiger partial charge < -0.3 is 10.6 Å². The normalized spacial score (nSPS) is 22.9. The fraction of sp³-hybridized carbons (Fsp3) is 0.625. The summed E-state index contributed by atoms with van der Waals surface area (Å²) < 4.78 is 1.13. The summed E-state index contributed by atoms with van der Waals surface area (Å²) in [5.41, 5.74) is 7.42. The van der Waals surface area contributed by atoms with E-state index in [1.165, 1.54) is 12.0 Å². The van der Waals surface area contributed by atoms with Crippen molar-refractivity contribution in [1.29, 1.82) is 0 Å². The number of nitrogens with two attached hydrogens (primary N) is 1. The summed E-state index contributed by atoms with van der Waals surface area (Å²) in [5.74, 6) is 0. The lowest BCUT2D eigenvalue weighted by Crippen LogP contribution is -2.54. The summed E-state index contributed by atoms with van der Waals surface area (Å²) in [6, 6.07) is 9.51. The summed E-state index contributed by atoms with van der Waals surface area (Å²) in [6.45, 7) is 9.78. The van der Waals surface area contributed by atoms with Gasteiger partial charge in [-0.2, -0.15) is 0 Å². The number of hydrogen-bond acceptors (Lipinski definition) is 3. The zero-order chi connectivity index (χ0) is 14.5. The summed E-state index contributed by atoms with van der Waals surface area (Å²) >= 11 is 3.57. The van der Waals surface area contributed by atoms with Crippen molar-refractivity contribution in [3.63, 3.8) is 0 Å². The Bertz CT molecular complexity index is 424. The first-order valence-electron chi connectivity index (χ1n) is 7.63. The Hall–Kier alpha value is -0.420. The van der Waals surface area contributed by atoms with Crippen LogP contribution in [0.5, 0.6) is 0 Å². The molecule has 0 spiro atoms. The Morgan fingerprint density at radius 2 is 2.15 bits per heavy atom. The Kier molecular flexibility index (Phi) is 6.02. The van der Waals surface area contributed by atoms with Crippen LogP contribution >= 0.6 is 15.9 Å². The number of nitrogens with zero attached hydrogens (tertiary/aromatic N) is 2. The monoisotopic (exact) mass is 339 g/mol. The molecule has 3 nitrogen and oxygen atoms in total. The molecule has 1 heterocycles. The zero-order valence-electron chi connectivity index (χ0n) is 12.6. The van der Waals surface area contributed by atoms with Crippen molar-refractivity contribution >= 4 is 15.9 Å². The third-order valence-corrected chi connectivity index (χ3v) is 4.88. The molecule has 1 fully saturated rings. The van der Waals surface area contributed by atoms with E-state index in [0.29, 0.717) is 18.6 Å². The molecule has 0 radical (unpaired) electrons. The highest BCUT2D eigenvalue weighted by molar-refractivity contribution is 9.10. The van der Waals surface area contributed by atoms with Crippen LogP contribution in [-0.2, 0) is 0 Å². The highest BCUT2D eigenvalue weighted by Crippen LogP contribution is 2.27. The number of piperazine rings is 1. The molecule has 4 heteroatoms. The molecule has 2 atom stereocenters. The van der Waals surface area contributed by atoms with Gasteiger partial charge in [0.2, 0.25) is 0 Å². The largest absolute Gasteiger partial charge is 0.329 e. The molecule has 0 aromatic heterocycles. The van der Waals surface area contributed by atoms with E-state index in [0.717, 1.165) is 30.7 Å². The average Bonchev–Trinajstić information content (AvgIpc) is 2.48. The predicted molar refractivity (Wildman–Crippen MR) is 88.8 cm³/mol. The van der Waals surface area contributed by atoms with Gasteiger partial charge in [0.1, 0.15) is 0 Å². The fourth-order valence-electron chi connectivity index (χ4n) is 3.17. The van der Waals surface area contributed by atoms with Crippen molar-refractivity contribution in [2.45, 2.75) is 32.4 Å². The first-order chi connectivity index (χ1) is 9.69. The third-order valence-electron chi connectivity index (χ3n) is 4.39. The molecule has 1 aromatic carbocycles. The van der Waals surface area contributed by atoms with Crippen LogP contribution in [0.15, 0.2) is 28.7 Å². The second kappa shape index (κ2) is 7.55. The molecule has 1 aliphatic rings. The minimum Gasteiger partial charge on any atom is -0.329 e. The van der Waals surface area contributed by atoms with Crippen LogP contribution in [0.1, 0.15) is 31.9 Å². The lowest BCUT2D eigenvalue weighted by molar-refractivity contribution is 0.0427. The van der Waals surface area contributed by atoms with Crippen LogP contribution in [0.2, 0.25) is 0 Å². The number of halogens is 1. The Labute approximate surface area is 131 Å². The Morgan fingerprint density at radius 1 is 1.35 bits per heavy atom. The van der Waals surface area contributed by atoms with E-state index in [1.807, 2.05) is 0 Å². The Morgan fingerprint density at radius 3 is 2.75 bits per heavy atom. The van der Waals surface area contributed by atoms with Gasteiger partial charge in [-0.1, -0.05) is 41.9 Å². The number of rotatable bonds is 5. The molecule has 0 amide bonds. The molecule has 0 saturated carbocycles. The summed E-state index contributed by atoms with van der Waals surface area (Å²) in [4.78, 5) is 5.15. The van der Waals surface area contributed by atoms with E-state index in [9.17, 15) is 0 Å². The van der Waals surface area contributed by atoms with Crippen LogP contribution in [0.25, 0.3) is 0 Å². The zero-order valence-corrected chi connectivity index (χ0v) is 14.1. The van der Waals surface area contributed by atoms with Crippen molar-refractivity contribution in [2.75, 3.05) is 32.7 Å². The number of likely N-dealkylation sites (N-methyl/N-ethyl adjacent to an activating group) is 1. The maximum absolute atomic E-state index is 6.10. The van der Waals surface area contributed by atoms with Crippen molar-refractivity contribution in [3.8, 4) is 0 Å². The average molecular weight is 340 g/mol. The van der Waals surface area contributed by atoms with Gasteiger partial charge in [0.25, 0.3) is 0 Å². The van der Waals surface area contributed by atoms with E-state index in [1.54, 1.807) is 0 Å². The second-order valence-corrected chi connectivity index (χ2v) is 6.42. The second-order valence-electron chi connectivity index (χ2n) is 5.50. The predicted octanol–water partition coefficient (Wildman–Crippen LogP) is 2.87. The van der Waals surface area contributed by atoms with Crippen molar-refractivity contribution in [2.24, 2.45) is 5.73 Å².